The molecule has 2 fully saturated rings. The predicted molar refractivity (Wildman–Crippen MR) is 124 cm³/mol. The maximum atomic E-state index is 13.7. The quantitative estimate of drug-likeness (QED) is 0.555. The van der Waals surface area contributed by atoms with Gasteiger partial charge in [0.1, 0.15) is 5.82 Å². The average molecular weight is 491 g/mol. The number of benzene rings is 1. The molecular weight excluding hydrogens is 461 g/mol. The van der Waals surface area contributed by atoms with Crippen molar-refractivity contribution in [2.24, 2.45) is 17.8 Å². The Morgan fingerprint density at radius 1 is 1.11 bits per heavy atom. The molecule has 1 saturated carbocycles. The molecule has 4 rings (SSSR count). The summed E-state index contributed by atoms with van der Waals surface area (Å²) in [6, 6.07) is 10.00. The van der Waals surface area contributed by atoms with Crippen LogP contribution in [0.2, 0.25) is 0 Å². The van der Waals surface area contributed by atoms with Crippen molar-refractivity contribution in [3.63, 3.8) is 0 Å². The molecule has 2 amide bonds. The molecule has 3 N–H and O–H groups in total. The zero-order chi connectivity index (χ0) is 25.2. The van der Waals surface area contributed by atoms with Gasteiger partial charge in [0.15, 0.2) is 0 Å². The van der Waals surface area contributed by atoms with Gasteiger partial charge in [-0.3, -0.25) is 9.59 Å². The van der Waals surface area contributed by atoms with Crippen molar-refractivity contribution in [3.05, 3.63) is 59.8 Å². The second-order valence-corrected chi connectivity index (χ2v) is 9.25. The number of hydrogen-bond donors (Lipinski definition) is 3. The Morgan fingerprint density at radius 2 is 1.80 bits per heavy atom. The maximum Gasteiger partial charge on any atom is 0.430 e. The summed E-state index contributed by atoms with van der Waals surface area (Å²) in [7, 11) is 1.57. The van der Waals surface area contributed by atoms with Crippen LogP contribution in [0.25, 0.3) is 0 Å². The third-order valence-corrected chi connectivity index (χ3v) is 7.14. The van der Waals surface area contributed by atoms with E-state index in [1.165, 1.54) is 18.2 Å². The zero-order valence-electron chi connectivity index (χ0n) is 19.4. The highest BCUT2D eigenvalue weighted by Crippen LogP contribution is 2.48. The molecule has 0 bridgehead atoms. The number of amides is 2. The molecule has 1 aliphatic heterocycles. The van der Waals surface area contributed by atoms with E-state index < -0.39 is 23.2 Å². The minimum absolute atomic E-state index is 0.105. The summed E-state index contributed by atoms with van der Waals surface area (Å²) in [5.74, 6) is 0.0532. The van der Waals surface area contributed by atoms with E-state index in [0.717, 1.165) is 50.3 Å². The fourth-order valence-electron chi connectivity index (χ4n) is 4.95. The van der Waals surface area contributed by atoms with Crippen LogP contribution in [0.15, 0.2) is 48.7 Å². The van der Waals surface area contributed by atoms with E-state index in [4.69, 9.17) is 0 Å². The first-order valence-corrected chi connectivity index (χ1v) is 11.7. The number of pyridine rings is 1. The largest absolute Gasteiger partial charge is 0.430 e. The molecule has 2 aliphatic rings. The van der Waals surface area contributed by atoms with Crippen molar-refractivity contribution >= 4 is 17.6 Å². The summed E-state index contributed by atoms with van der Waals surface area (Å²) in [6.45, 7) is 1.71. The molecule has 2 aromatic rings. The standard InChI is InChI=1S/C25H29F3N4O3/c1-29-22(33)17-7-8-21(30-14-17)32-11-9-16(10-12-32)20-13-18(20)15-31-23(34)24(35,25(26,27)28)19-5-3-2-4-6-19/h2-8,14,16,18,20,35H,9-13,15H2,1H3,(H,29,33)(H,31,34)/t18-,20+,24+/m0/s1. The molecular formula is C25H29F3N4O3. The lowest BCUT2D eigenvalue weighted by atomic mass is 9.90. The summed E-state index contributed by atoms with van der Waals surface area (Å²) in [4.78, 5) is 30.7. The van der Waals surface area contributed by atoms with E-state index in [0.29, 0.717) is 17.4 Å². The fourth-order valence-corrected chi connectivity index (χ4v) is 4.95. The molecule has 35 heavy (non-hydrogen) atoms. The van der Waals surface area contributed by atoms with Gasteiger partial charge in [0.05, 0.1) is 5.56 Å². The Morgan fingerprint density at radius 3 is 2.37 bits per heavy atom. The third-order valence-electron chi connectivity index (χ3n) is 7.14. The number of hydrogen-bond acceptors (Lipinski definition) is 5. The molecule has 7 nitrogen and oxygen atoms in total. The first kappa shape index (κ1) is 25.0. The Bertz CT molecular complexity index is 1040. The van der Waals surface area contributed by atoms with E-state index in [9.17, 15) is 27.9 Å². The Hall–Kier alpha value is -3.14. The molecule has 0 radical (unpaired) electrons. The summed E-state index contributed by atoms with van der Waals surface area (Å²) in [6.07, 6.45) is -0.896. The zero-order valence-corrected chi connectivity index (χ0v) is 19.4. The number of piperidine rings is 1. The van der Waals surface area contributed by atoms with Gasteiger partial charge in [0, 0.05) is 38.4 Å². The molecule has 188 valence electrons. The topological polar surface area (TPSA) is 94.6 Å². The third kappa shape index (κ3) is 5.12. The maximum absolute atomic E-state index is 13.7. The number of aliphatic hydroxyl groups is 1. The smallest absolute Gasteiger partial charge is 0.369 e. The average Bonchev–Trinajstić information content (AvgIpc) is 3.66. The van der Waals surface area contributed by atoms with Crippen molar-refractivity contribution in [2.75, 3.05) is 31.6 Å². The first-order chi connectivity index (χ1) is 16.6. The van der Waals surface area contributed by atoms with E-state index in [1.54, 1.807) is 19.3 Å². The van der Waals surface area contributed by atoms with Gasteiger partial charge < -0.3 is 20.6 Å². The predicted octanol–water partition coefficient (Wildman–Crippen LogP) is 2.86. The van der Waals surface area contributed by atoms with Crippen molar-refractivity contribution in [1.82, 2.24) is 15.6 Å². The molecule has 1 aromatic heterocycles. The number of nitrogens with one attached hydrogen (secondary N) is 2. The van der Waals surface area contributed by atoms with Gasteiger partial charge in [-0.25, -0.2) is 4.98 Å². The second kappa shape index (κ2) is 9.85. The van der Waals surface area contributed by atoms with Gasteiger partial charge in [-0.15, -0.1) is 0 Å². The molecule has 2 heterocycles. The van der Waals surface area contributed by atoms with E-state index in [1.807, 2.05) is 6.07 Å². The number of halogens is 3. The first-order valence-electron chi connectivity index (χ1n) is 11.7. The van der Waals surface area contributed by atoms with Crippen LogP contribution in [0.1, 0.15) is 35.2 Å². The van der Waals surface area contributed by atoms with E-state index >= 15 is 0 Å². The molecule has 1 aromatic carbocycles. The molecule has 1 aliphatic carbocycles. The van der Waals surface area contributed by atoms with Crippen LogP contribution in [0, 0.1) is 17.8 Å². The van der Waals surface area contributed by atoms with Gasteiger partial charge in [0.25, 0.3) is 17.4 Å². The molecule has 1 saturated heterocycles. The minimum Gasteiger partial charge on any atom is -0.369 e. The number of carbonyl (C=O) groups excluding carboxylic acids is 2. The Kier molecular flexibility index (Phi) is 7.02. The van der Waals surface area contributed by atoms with Crippen molar-refractivity contribution in [3.8, 4) is 0 Å². The van der Waals surface area contributed by atoms with Crippen molar-refractivity contribution in [2.45, 2.75) is 31.0 Å². The highest BCUT2D eigenvalue weighted by molar-refractivity contribution is 5.93. The molecule has 0 unspecified atom stereocenters. The number of aromatic nitrogens is 1. The number of alkyl halides is 3. The monoisotopic (exact) mass is 490 g/mol. The van der Waals surface area contributed by atoms with Crippen LogP contribution in [-0.4, -0.2) is 54.8 Å². The lowest BCUT2D eigenvalue weighted by Crippen LogP contribution is -2.54. The SMILES string of the molecule is CNC(=O)c1ccc(N2CCC([C@H]3C[C@H]3CNC(=O)[C@](O)(c3ccccc3)C(F)(F)F)CC2)nc1. The van der Waals surface area contributed by atoms with Crippen LogP contribution < -0.4 is 15.5 Å². The summed E-state index contributed by atoms with van der Waals surface area (Å²) in [5, 5.41) is 15.3. The molecule has 10 heteroatoms. The van der Waals surface area contributed by atoms with Gasteiger partial charge in [-0.2, -0.15) is 13.2 Å². The Balaban J connectivity index is 1.28. The second-order valence-electron chi connectivity index (χ2n) is 9.25. The van der Waals surface area contributed by atoms with Gasteiger partial charge in [-0.1, -0.05) is 30.3 Å². The number of nitrogens with zero attached hydrogens (tertiary/aromatic N) is 2. The number of anilines is 1. The van der Waals surface area contributed by atoms with Gasteiger partial charge in [-0.05, 0) is 49.1 Å². The molecule has 0 spiro atoms. The van der Waals surface area contributed by atoms with Crippen LogP contribution >= 0.6 is 0 Å². The summed E-state index contributed by atoms with van der Waals surface area (Å²) in [5.41, 5.74) is -3.58. The lowest BCUT2D eigenvalue weighted by molar-refractivity contribution is -0.257. The van der Waals surface area contributed by atoms with Crippen LogP contribution in [0.5, 0.6) is 0 Å². The minimum atomic E-state index is -5.14. The fraction of sp³-hybridized carbons (Fsp3) is 0.480. The van der Waals surface area contributed by atoms with Crippen LogP contribution in [0.3, 0.4) is 0 Å². The highest BCUT2D eigenvalue weighted by atomic mass is 19.4. The van der Waals surface area contributed by atoms with Crippen LogP contribution in [-0.2, 0) is 10.4 Å². The van der Waals surface area contributed by atoms with E-state index in [2.05, 4.69) is 20.5 Å². The lowest BCUT2D eigenvalue weighted by Gasteiger charge is -2.33. The Labute approximate surface area is 201 Å². The van der Waals surface area contributed by atoms with Gasteiger partial charge >= 0.3 is 6.18 Å². The van der Waals surface area contributed by atoms with Crippen molar-refractivity contribution < 1.29 is 27.9 Å². The highest BCUT2D eigenvalue weighted by Gasteiger charge is 2.61. The van der Waals surface area contributed by atoms with Crippen molar-refractivity contribution in [1.29, 1.82) is 0 Å². The van der Waals surface area contributed by atoms with Gasteiger partial charge in [0.2, 0.25) is 0 Å². The molecule has 3 atom stereocenters. The normalized spacial score (nSPS) is 22.3. The van der Waals surface area contributed by atoms with Crippen LogP contribution in [0.4, 0.5) is 19.0 Å². The van der Waals surface area contributed by atoms with E-state index in [-0.39, 0.29) is 18.4 Å². The summed E-state index contributed by atoms with van der Waals surface area (Å²) < 4.78 is 41.0. The number of carbonyl (C=O) groups is 2. The number of rotatable bonds is 7. The summed E-state index contributed by atoms with van der Waals surface area (Å²) >= 11 is 0.